The molecule has 78 valence electrons. The second-order valence-corrected chi connectivity index (χ2v) is 5.18. The molecule has 0 saturated carbocycles. The zero-order chi connectivity index (χ0) is 10.8. The van der Waals surface area contributed by atoms with Gasteiger partial charge in [0.2, 0.25) is 0 Å². The Kier molecular flexibility index (Phi) is 3.24. The van der Waals surface area contributed by atoms with Crippen LogP contribution in [0.15, 0.2) is 39.5 Å². The number of rotatable bonds is 2. The van der Waals surface area contributed by atoms with E-state index in [2.05, 4.69) is 57.9 Å². The van der Waals surface area contributed by atoms with Crippen LogP contribution in [0.4, 0.5) is 0 Å². The van der Waals surface area contributed by atoms with Crippen molar-refractivity contribution in [3.05, 3.63) is 56.2 Å². The lowest BCUT2D eigenvalue weighted by molar-refractivity contribution is 0.875. The second-order valence-electron chi connectivity index (χ2n) is 3.54. The van der Waals surface area contributed by atoms with E-state index in [0.29, 0.717) is 0 Å². The lowest BCUT2D eigenvalue weighted by Crippen LogP contribution is -2.10. The summed E-state index contributed by atoms with van der Waals surface area (Å²) >= 11 is 5.20. The summed E-state index contributed by atoms with van der Waals surface area (Å²) in [6.07, 6.45) is 0. The number of aryl methyl sites for hydroxylation is 1. The highest BCUT2D eigenvalue weighted by Gasteiger charge is 2.09. The molecule has 1 aromatic carbocycles. The number of halogens is 1. The van der Waals surface area contributed by atoms with Crippen molar-refractivity contribution in [3.8, 4) is 0 Å². The molecule has 2 aromatic rings. The number of hydrogen-bond donors (Lipinski definition) is 1. The Hall–Kier alpha value is -0.640. The van der Waals surface area contributed by atoms with Gasteiger partial charge in [0.15, 0.2) is 0 Å². The van der Waals surface area contributed by atoms with Crippen LogP contribution in [0.2, 0.25) is 0 Å². The Labute approximate surface area is 102 Å². The Morgan fingerprint density at radius 3 is 2.67 bits per heavy atom. The van der Waals surface area contributed by atoms with Gasteiger partial charge in [-0.1, -0.05) is 28.1 Å². The van der Waals surface area contributed by atoms with Crippen LogP contribution in [0.25, 0.3) is 0 Å². The highest BCUT2D eigenvalue weighted by molar-refractivity contribution is 9.10. The summed E-state index contributed by atoms with van der Waals surface area (Å²) in [6, 6.07) is 8.32. The summed E-state index contributed by atoms with van der Waals surface area (Å²) in [5.41, 5.74) is 9.72. The average molecular weight is 282 g/mol. The van der Waals surface area contributed by atoms with Gasteiger partial charge >= 0.3 is 0 Å². The topological polar surface area (TPSA) is 26.0 Å². The van der Waals surface area contributed by atoms with E-state index in [9.17, 15) is 0 Å². The van der Waals surface area contributed by atoms with Crippen molar-refractivity contribution >= 4 is 27.3 Å². The summed E-state index contributed by atoms with van der Waals surface area (Å²) in [4.78, 5) is 0. The molecule has 1 aromatic heterocycles. The largest absolute Gasteiger partial charge is 0.320 e. The van der Waals surface area contributed by atoms with E-state index < -0.39 is 0 Å². The van der Waals surface area contributed by atoms with Crippen molar-refractivity contribution in [2.24, 2.45) is 5.73 Å². The quantitative estimate of drug-likeness (QED) is 0.889. The van der Waals surface area contributed by atoms with Crippen molar-refractivity contribution < 1.29 is 0 Å². The van der Waals surface area contributed by atoms with E-state index in [1.54, 1.807) is 11.3 Å². The third-order valence-electron chi connectivity index (χ3n) is 2.46. The lowest BCUT2D eigenvalue weighted by atomic mass is 10.0. The molecule has 0 aliphatic heterocycles. The summed E-state index contributed by atoms with van der Waals surface area (Å²) in [5.74, 6) is 0. The van der Waals surface area contributed by atoms with E-state index in [0.717, 1.165) is 10.0 Å². The van der Waals surface area contributed by atoms with Gasteiger partial charge in [-0.25, -0.2) is 0 Å². The molecule has 3 heteroatoms. The number of thiophene rings is 1. The Bertz CT molecular complexity index is 451. The highest BCUT2D eigenvalue weighted by Crippen LogP contribution is 2.25. The zero-order valence-corrected chi connectivity index (χ0v) is 10.8. The maximum Gasteiger partial charge on any atom is 0.0560 e. The first-order valence-electron chi connectivity index (χ1n) is 4.72. The van der Waals surface area contributed by atoms with Gasteiger partial charge in [-0.05, 0) is 46.5 Å². The van der Waals surface area contributed by atoms with E-state index in [4.69, 9.17) is 5.73 Å². The van der Waals surface area contributed by atoms with Crippen molar-refractivity contribution in [1.29, 1.82) is 0 Å². The summed E-state index contributed by atoms with van der Waals surface area (Å²) < 4.78 is 1.12. The van der Waals surface area contributed by atoms with Crippen LogP contribution in [0.3, 0.4) is 0 Å². The van der Waals surface area contributed by atoms with Crippen LogP contribution >= 0.6 is 27.3 Å². The molecule has 0 aliphatic rings. The van der Waals surface area contributed by atoms with Crippen LogP contribution in [-0.2, 0) is 0 Å². The molecule has 1 nitrogen and oxygen atoms in total. The molecule has 0 fully saturated rings. The predicted molar refractivity (Wildman–Crippen MR) is 69.2 cm³/mol. The number of benzene rings is 1. The minimum atomic E-state index is -0.0202. The summed E-state index contributed by atoms with van der Waals surface area (Å²) in [5, 5.41) is 4.15. The van der Waals surface area contributed by atoms with Crippen LogP contribution in [0, 0.1) is 6.92 Å². The third kappa shape index (κ3) is 2.30. The minimum Gasteiger partial charge on any atom is -0.320 e. The summed E-state index contributed by atoms with van der Waals surface area (Å²) in [7, 11) is 0. The van der Waals surface area contributed by atoms with E-state index in [-0.39, 0.29) is 6.04 Å². The fourth-order valence-corrected chi connectivity index (χ4v) is 2.54. The van der Waals surface area contributed by atoms with Crippen LogP contribution in [0.5, 0.6) is 0 Å². The van der Waals surface area contributed by atoms with E-state index >= 15 is 0 Å². The van der Waals surface area contributed by atoms with Crippen LogP contribution in [-0.4, -0.2) is 0 Å². The second kappa shape index (κ2) is 4.47. The first-order chi connectivity index (χ1) is 7.18. The molecule has 1 unspecified atom stereocenters. The molecule has 0 radical (unpaired) electrons. The zero-order valence-electron chi connectivity index (χ0n) is 8.41. The van der Waals surface area contributed by atoms with E-state index in [1.807, 2.05) is 0 Å². The summed E-state index contributed by atoms with van der Waals surface area (Å²) in [6.45, 7) is 2.07. The molecule has 0 saturated heterocycles. The molecule has 0 bridgehead atoms. The van der Waals surface area contributed by atoms with E-state index in [1.165, 1.54) is 11.1 Å². The Morgan fingerprint density at radius 2 is 2.07 bits per heavy atom. The highest BCUT2D eigenvalue weighted by atomic mass is 79.9. The smallest absolute Gasteiger partial charge is 0.0560 e. The molecule has 0 amide bonds. The van der Waals surface area contributed by atoms with Gasteiger partial charge in [-0.3, -0.25) is 0 Å². The fraction of sp³-hybridized carbons (Fsp3) is 0.167. The van der Waals surface area contributed by atoms with Crippen molar-refractivity contribution in [1.82, 2.24) is 0 Å². The molecule has 2 N–H and O–H groups in total. The molecule has 1 heterocycles. The van der Waals surface area contributed by atoms with Gasteiger partial charge in [-0.2, -0.15) is 11.3 Å². The Balaban J connectivity index is 2.34. The Morgan fingerprint density at radius 1 is 1.27 bits per heavy atom. The number of nitrogens with two attached hydrogens (primary N) is 1. The predicted octanol–water partition coefficient (Wildman–Crippen LogP) is 3.87. The van der Waals surface area contributed by atoms with Crippen molar-refractivity contribution in [3.63, 3.8) is 0 Å². The van der Waals surface area contributed by atoms with Crippen LogP contribution in [0.1, 0.15) is 22.7 Å². The molecule has 0 aliphatic carbocycles. The molecule has 0 spiro atoms. The van der Waals surface area contributed by atoms with Gasteiger partial charge in [-0.15, -0.1) is 0 Å². The normalized spacial score (nSPS) is 12.7. The molecular formula is C12H12BrNS. The van der Waals surface area contributed by atoms with Gasteiger partial charge < -0.3 is 5.73 Å². The lowest BCUT2D eigenvalue weighted by Gasteiger charge is -2.11. The van der Waals surface area contributed by atoms with Gasteiger partial charge in [0.1, 0.15) is 0 Å². The molecule has 2 rings (SSSR count). The number of hydrogen-bond acceptors (Lipinski definition) is 2. The van der Waals surface area contributed by atoms with Crippen LogP contribution < -0.4 is 5.73 Å². The first-order valence-corrected chi connectivity index (χ1v) is 6.46. The van der Waals surface area contributed by atoms with Gasteiger partial charge in [0.05, 0.1) is 6.04 Å². The SMILES string of the molecule is Cc1ccc(C(N)c2ccsc2)cc1Br. The maximum atomic E-state index is 6.17. The third-order valence-corrected chi connectivity index (χ3v) is 4.01. The first kappa shape index (κ1) is 10.9. The monoisotopic (exact) mass is 281 g/mol. The standard InChI is InChI=1S/C12H12BrNS/c1-8-2-3-9(6-11(8)13)12(14)10-4-5-15-7-10/h2-7,12H,14H2,1H3. The van der Waals surface area contributed by atoms with Crippen molar-refractivity contribution in [2.75, 3.05) is 0 Å². The van der Waals surface area contributed by atoms with Gasteiger partial charge in [0, 0.05) is 4.47 Å². The van der Waals surface area contributed by atoms with Gasteiger partial charge in [0.25, 0.3) is 0 Å². The maximum absolute atomic E-state index is 6.17. The molecule has 1 atom stereocenters. The molecular weight excluding hydrogens is 270 g/mol. The minimum absolute atomic E-state index is 0.0202. The fourth-order valence-electron chi connectivity index (χ4n) is 1.45. The van der Waals surface area contributed by atoms with Crippen molar-refractivity contribution in [2.45, 2.75) is 13.0 Å². The average Bonchev–Trinajstić information content (AvgIpc) is 2.74. The molecule has 15 heavy (non-hydrogen) atoms.